The molecule has 8 nitrogen and oxygen atoms in total. The molecule has 0 aliphatic carbocycles. The second kappa shape index (κ2) is 22.0. The third-order valence-corrected chi connectivity index (χ3v) is 3.68. The lowest BCUT2D eigenvalue weighted by Crippen LogP contribution is -2.40. The summed E-state index contributed by atoms with van der Waals surface area (Å²) in [5.74, 6) is 0.0526. The Morgan fingerprint density at radius 1 is 0.675 bits per heavy atom. The zero-order valence-corrected chi connectivity index (χ0v) is 27.7. The Hall–Kier alpha value is -2.74. The van der Waals surface area contributed by atoms with Gasteiger partial charge < -0.3 is 20.9 Å². The molecule has 236 valence electrons. The number of carbonyl (C=O) groups is 4. The molecule has 0 aromatic rings. The van der Waals surface area contributed by atoms with Crippen LogP contribution >= 0.6 is 0 Å². The van der Waals surface area contributed by atoms with Gasteiger partial charge in [-0.1, -0.05) is 54.4 Å². The molecule has 0 aromatic heterocycles. The number of hydrogen-bond donors (Lipinski definition) is 3. The van der Waals surface area contributed by atoms with Crippen molar-refractivity contribution in [2.75, 3.05) is 20.6 Å². The van der Waals surface area contributed by atoms with Gasteiger partial charge >= 0.3 is 0 Å². The van der Waals surface area contributed by atoms with Crippen molar-refractivity contribution in [1.82, 2.24) is 20.9 Å². The van der Waals surface area contributed by atoms with Gasteiger partial charge in [0.2, 0.25) is 17.7 Å². The smallest absolute Gasteiger partial charge is 0.244 e. The summed E-state index contributed by atoms with van der Waals surface area (Å²) in [5, 5.41) is 8.39. The van der Waals surface area contributed by atoms with Gasteiger partial charge in [-0.25, -0.2) is 0 Å². The van der Waals surface area contributed by atoms with Crippen LogP contribution < -0.4 is 16.0 Å². The minimum absolute atomic E-state index is 0. The number of nitrogens with one attached hydrogen (secondary N) is 3. The van der Waals surface area contributed by atoms with Crippen LogP contribution in [0.15, 0.2) is 37.5 Å². The molecular weight excluding hydrogens is 504 g/mol. The number of carbonyl (C=O) groups excluding carboxylic acids is 4. The number of allylic oxidation sites excluding steroid dienone is 1. The first kappa shape index (κ1) is 47.1. The molecule has 0 saturated carbocycles. The van der Waals surface area contributed by atoms with Crippen LogP contribution in [0.1, 0.15) is 104 Å². The molecule has 0 unspecified atom stereocenters. The van der Waals surface area contributed by atoms with E-state index in [4.69, 9.17) is 0 Å². The molecule has 0 heterocycles. The third kappa shape index (κ3) is 45.2. The van der Waals surface area contributed by atoms with Crippen LogP contribution in [0.4, 0.5) is 0 Å². The van der Waals surface area contributed by atoms with Gasteiger partial charge in [0.1, 0.15) is 0 Å². The van der Waals surface area contributed by atoms with E-state index in [0.717, 1.165) is 6.54 Å². The summed E-state index contributed by atoms with van der Waals surface area (Å²) < 4.78 is 0. The van der Waals surface area contributed by atoms with Crippen LogP contribution in [-0.4, -0.2) is 65.7 Å². The molecule has 0 spiro atoms. The topological polar surface area (TPSA) is 108 Å². The van der Waals surface area contributed by atoms with Crippen molar-refractivity contribution in [3.05, 3.63) is 37.5 Å². The van der Waals surface area contributed by atoms with Crippen molar-refractivity contribution in [1.29, 1.82) is 0 Å². The first-order chi connectivity index (χ1) is 17.2. The number of amides is 3. The average Bonchev–Trinajstić information content (AvgIpc) is 2.69. The number of hydrogen-bond acceptors (Lipinski definition) is 5. The lowest BCUT2D eigenvalue weighted by Gasteiger charge is -2.19. The normalized spacial score (nSPS) is 11.1. The molecule has 0 aromatic carbocycles. The molecule has 40 heavy (non-hydrogen) atoms. The monoisotopic (exact) mass is 568 g/mol. The molecule has 0 fully saturated rings. The van der Waals surface area contributed by atoms with Crippen LogP contribution in [0, 0.1) is 5.41 Å². The highest BCUT2D eigenvalue weighted by atomic mass is 16.2. The van der Waals surface area contributed by atoms with Crippen LogP contribution in [0.25, 0.3) is 0 Å². The van der Waals surface area contributed by atoms with Gasteiger partial charge in [-0.15, -0.1) is 0 Å². The quantitative estimate of drug-likeness (QED) is 0.349. The van der Waals surface area contributed by atoms with Crippen LogP contribution in [0.2, 0.25) is 0 Å². The molecule has 0 atom stereocenters. The zero-order chi connectivity index (χ0) is 32.3. The van der Waals surface area contributed by atoms with Gasteiger partial charge in [0.25, 0.3) is 0 Å². The predicted molar refractivity (Wildman–Crippen MR) is 173 cm³/mol. The van der Waals surface area contributed by atoms with Crippen LogP contribution in [-0.2, 0) is 19.2 Å². The standard InChI is InChI=1S/C10H20N2O.C7H15NO.C7H13NO.C7H12O.CH4/c1-10(2,3)11-9(13)7-6-8-12(4)5;2*1-5-6(9)8-7(2,3)4;1-5-6(8)7(2,3)4;/h6-7H,8H2,1-5H3,(H,11,13);5H2,1-4H3,(H,8,9);5H,1H2,2-4H3,(H,8,9);5H,1H2,2-4H3;1H4/b7-6+;;;;. The summed E-state index contributed by atoms with van der Waals surface area (Å²) in [7, 11) is 3.93. The second-order valence-electron chi connectivity index (χ2n) is 13.3. The van der Waals surface area contributed by atoms with Gasteiger partial charge in [-0.05, 0) is 88.6 Å². The fourth-order valence-electron chi connectivity index (χ4n) is 2.02. The van der Waals surface area contributed by atoms with Gasteiger partial charge in [-0.3, -0.25) is 19.2 Å². The van der Waals surface area contributed by atoms with Crippen molar-refractivity contribution in [2.45, 2.75) is 120 Å². The molecule has 0 bridgehead atoms. The minimum atomic E-state index is -0.248. The average molecular weight is 569 g/mol. The Morgan fingerprint density at radius 3 is 1.23 bits per heavy atom. The summed E-state index contributed by atoms with van der Waals surface area (Å²) in [6.07, 6.45) is 6.62. The molecule has 0 saturated heterocycles. The van der Waals surface area contributed by atoms with Gasteiger partial charge in [0, 0.05) is 41.1 Å². The number of nitrogens with zero attached hydrogens (tertiary/aromatic N) is 1. The fourth-order valence-corrected chi connectivity index (χ4v) is 2.02. The maximum absolute atomic E-state index is 11.2. The van der Waals surface area contributed by atoms with E-state index in [1.165, 1.54) is 12.2 Å². The van der Waals surface area contributed by atoms with E-state index in [9.17, 15) is 19.2 Å². The Kier molecular flexibility index (Phi) is 25.9. The fraction of sp³-hybridized carbons (Fsp3) is 0.688. The highest BCUT2D eigenvalue weighted by Crippen LogP contribution is 2.14. The molecule has 0 aliphatic rings. The largest absolute Gasteiger partial charge is 0.352 e. The Bertz CT molecular complexity index is 786. The van der Waals surface area contributed by atoms with Crippen molar-refractivity contribution in [3.8, 4) is 0 Å². The molecule has 0 aliphatic heterocycles. The Balaban J connectivity index is -0.000000138. The van der Waals surface area contributed by atoms with E-state index in [1.54, 1.807) is 6.08 Å². The van der Waals surface area contributed by atoms with E-state index < -0.39 is 0 Å². The van der Waals surface area contributed by atoms with Crippen molar-refractivity contribution in [3.63, 3.8) is 0 Å². The van der Waals surface area contributed by atoms with E-state index in [0.29, 0.717) is 6.42 Å². The summed E-state index contributed by atoms with van der Waals surface area (Å²) in [6, 6.07) is 0. The minimum Gasteiger partial charge on any atom is -0.352 e. The summed E-state index contributed by atoms with van der Waals surface area (Å²) in [6.45, 7) is 32.5. The lowest BCUT2D eigenvalue weighted by atomic mass is 9.91. The molecule has 0 radical (unpaired) electrons. The molecule has 8 heteroatoms. The lowest BCUT2D eigenvalue weighted by molar-refractivity contribution is -0.122. The van der Waals surface area contributed by atoms with E-state index in [1.807, 2.05) is 115 Å². The first-order valence-electron chi connectivity index (χ1n) is 13.3. The number of ketones is 1. The first-order valence-corrected chi connectivity index (χ1v) is 13.3. The maximum atomic E-state index is 11.2. The highest BCUT2D eigenvalue weighted by molar-refractivity contribution is 5.93. The van der Waals surface area contributed by atoms with Crippen LogP contribution in [0.5, 0.6) is 0 Å². The van der Waals surface area contributed by atoms with Crippen molar-refractivity contribution in [2.24, 2.45) is 5.41 Å². The van der Waals surface area contributed by atoms with Crippen LogP contribution in [0.3, 0.4) is 0 Å². The van der Waals surface area contributed by atoms with E-state index in [2.05, 4.69) is 29.1 Å². The van der Waals surface area contributed by atoms with Crippen molar-refractivity contribution < 1.29 is 19.2 Å². The van der Waals surface area contributed by atoms with Crippen molar-refractivity contribution >= 4 is 23.5 Å². The zero-order valence-electron chi connectivity index (χ0n) is 27.7. The summed E-state index contributed by atoms with van der Waals surface area (Å²) in [5.41, 5.74) is -0.625. The number of likely N-dealkylation sites (N-methyl/N-ethyl adjacent to an activating group) is 1. The number of rotatable bonds is 6. The second-order valence-corrected chi connectivity index (χ2v) is 13.3. The van der Waals surface area contributed by atoms with Gasteiger partial charge in [-0.2, -0.15) is 0 Å². The van der Waals surface area contributed by atoms with E-state index >= 15 is 0 Å². The van der Waals surface area contributed by atoms with E-state index in [-0.39, 0.29) is 53.0 Å². The van der Waals surface area contributed by atoms with Gasteiger partial charge in [0.05, 0.1) is 0 Å². The Morgan fingerprint density at radius 2 is 1.05 bits per heavy atom. The highest BCUT2D eigenvalue weighted by Gasteiger charge is 2.16. The maximum Gasteiger partial charge on any atom is 0.244 e. The SMILES string of the molecule is C.C=CC(=O)C(C)(C)C.C=CC(=O)NC(C)(C)C.CCC(=O)NC(C)(C)C.CN(C)C/C=C/C(=O)NC(C)(C)C. The molecule has 3 N–H and O–H groups in total. The molecular formula is C32H64N4O4. The predicted octanol–water partition coefficient (Wildman–Crippen LogP) is 5.84. The summed E-state index contributed by atoms with van der Waals surface area (Å²) in [4.78, 5) is 45.3. The molecule has 0 rings (SSSR count). The summed E-state index contributed by atoms with van der Waals surface area (Å²) >= 11 is 0. The van der Waals surface area contributed by atoms with Gasteiger partial charge in [0.15, 0.2) is 5.78 Å². The molecule has 3 amide bonds. The third-order valence-electron chi connectivity index (χ3n) is 3.68. The Labute approximate surface area is 247 Å².